The van der Waals surface area contributed by atoms with Crippen molar-refractivity contribution in [3.05, 3.63) is 33.7 Å². The van der Waals surface area contributed by atoms with Crippen molar-refractivity contribution in [2.45, 2.75) is 11.8 Å². The quantitative estimate of drug-likeness (QED) is 0.787. The van der Waals surface area contributed by atoms with Gasteiger partial charge in [0.1, 0.15) is 0 Å². The van der Waals surface area contributed by atoms with Crippen LogP contribution in [0, 0.1) is 0 Å². The summed E-state index contributed by atoms with van der Waals surface area (Å²) in [5.41, 5.74) is -0.590. The van der Waals surface area contributed by atoms with Gasteiger partial charge < -0.3 is 4.98 Å². The second kappa shape index (κ2) is 3.80. The number of nitrogens with one attached hydrogen (secondary N) is 1. The van der Waals surface area contributed by atoms with Gasteiger partial charge in [0.05, 0.1) is 0 Å². The number of aromatic nitrogens is 1. The zero-order valence-electron chi connectivity index (χ0n) is 5.98. The topological polar surface area (TPSA) is 32.9 Å². The Kier molecular flexibility index (Phi) is 2.97. The number of pyridine rings is 1. The lowest BCUT2D eigenvalue weighted by atomic mass is 10.2. The Hall–Kier alpha value is -0.710. The Labute approximate surface area is 75.7 Å². The molecule has 1 aromatic heterocycles. The summed E-state index contributed by atoms with van der Waals surface area (Å²) in [5, 5.41) is 0.142. The molecule has 0 aliphatic rings. The fourth-order valence-corrected chi connectivity index (χ4v) is 1.45. The minimum Gasteiger partial charge on any atom is -0.329 e. The molecule has 1 N–H and O–H groups in total. The first-order valence-corrected chi connectivity index (χ1v) is 4.33. The van der Waals surface area contributed by atoms with Crippen LogP contribution in [0.1, 0.15) is 17.6 Å². The maximum atomic E-state index is 12.2. The predicted molar refractivity (Wildman–Crippen MR) is 44.7 cm³/mol. The fourth-order valence-electron chi connectivity index (χ4n) is 0.868. The molecule has 66 valence electrons. The first kappa shape index (κ1) is 9.38. The Morgan fingerprint density at radius 1 is 1.58 bits per heavy atom. The molecule has 0 radical (unpaired) electrons. The van der Waals surface area contributed by atoms with Crippen LogP contribution in [0.25, 0.3) is 0 Å². The molecule has 1 rings (SSSR count). The number of hydrogen-bond donors (Lipinski definition) is 1. The zero-order chi connectivity index (χ0) is 9.14. The molecule has 0 atom stereocenters. The smallest absolute Gasteiger partial charge is 0.264 e. The summed E-state index contributed by atoms with van der Waals surface area (Å²) >= 11 is 2.97. The number of rotatable bonds is 2. The molecule has 0 bridgehead atoms. The van der Waals surface area contributed by atoms with Crippen molar-refractivity contribution in [2.24, 2.45) is 0 Å². The van der Waals surface area contributed by atoms with Crippen LogP contribution in [-0.4, -0.2) is 4.98 Å². The van der Waals surface area contributed by atoms with Crippen LogP contribution in [-0.2, 0) is 5.33 Å². The highest BCUT2D eigenvalue weighted by atomic mass is 79.9. The van der Waals surface area contributed by atoms with E-state index in [1.807, 2.05) is 0 Å². The zero-order valence-corrected chi connectivity index (χ0v) is 7.57. The number of aromatic amines is 1. The standard InChI is InChI=1S/C7H6BrF2NO/c8-3-5-4(6(9)10)1-2-11-7(5)12/h1-2,6H,3H2,(H,11,12). The summed E-state index contributed by atoms with van der Waals surface area (Å²) in [6.07, 6.45) is -1.38. The summed E-state index contributed by atoms with van der Waals surface area (Å²) in [6.45, 7) is 0. The monoisotopic (exact) mass is 237 g/mol. The summed E-state index contributed by atoms with van der Waals surface area (Å²) in [6, 6.07) is 1.21. The van der Waals surface area contributed by atoms with Crippen LogP contribution in [0.2, 0.25) is 0 Å². The first-order chi connectivity index (χ1) is 5.66. The Balaban J connectivity index is 3.28. The summed E-state index contributed by atoms with van der Waals surface area (Å²) < 4.78 is 24.4. The van der Waals surface area contributed by atoms with Crippen molar-refractivity contribution in [1.82, 2.24) is 4.98 Å². The lowest BCUT2D eigenvalue weighted by Gasteiger charge is -2.02. The van der Waals surface area contributed by atoms with Crippen LogP contribution in [0.15, 0.2) is 17.1 Å². The average molecular weight is 238 g/mol. The van der Waals surface area contributed by atoms with Gasteiger partial charge in [0.2, 0.25) is 0 Å². The third kappa shape index (κ3) is 1.72. The van der Waals surface area contributed by atoms with E-state index in [1.165, 1.54) is 12.3 Å². The van der Waals surface area contributed by atoms with Gasteiger partial charge in [-0.1, -0.05) is 15.9 Å². The first-order valence-electron chi connectivity index (χ1n) is 3.21. The second-order valence-corrected chi connectivity index (χ2v) is 2.74. The van der Waals surface area contributed by atoms with E-state index in [4.69, 9.17) is 0 Å². The molecule has 0 aromatic carbocycles. The van der Waals surface area contributed by atoms with E-state index in [0.717, 1.165) is 0 Å². The molecule has 5 heteroatoms. The van der Waals surface area contributed by atoms with Gasteiger partial charge in [-0.2, -0.15) is 0 Å². The predicted octanol–water partition coefficient (Wildman–Crippen LogP) is 2.21. The molecule has 1 aromatic rings. The van der Waals surface area contributed by atoms with E-state index in [1.54, 1.807) is 0 Å². The average Bonchev–Trinajstić information content (AvgIpc) is 2.03. The molecule has 0 saturated carbocycles. The van der Waals surface area contributed by atoms with E-state index in [-0.39, 0.29) is 16.5 Å². The molecule has 0 amide bonds. The van der Waals surface area contributed by atoms with Crippen molar-refractivity contribution in [2.75, 3.05) is 0 Å². The molecular formula is C7H6BrF2NO. The maximum absolute atomic E-state index is 12.2. The number of halogens is 3. The van der Waals surface area contributed by atoms with Gasteiger partial charge in [0.15, 0.2) is 0 Å². The van der Waals surface area contributed by atoms with Crippen molar-refractivity contribution in [3.8, 4) is 0 Å². The molecule has 0 fully saturated rings. The van der Waals surface area contributed by atoms with Gasteiger partial charge in [-0.25, -0.2) is 8.78 Å². The van der Waals surface area contributed by atoms with Crippen LogP contribution in [0.5, 0.6) is 0 Å². The van der Waals surface area contributed by atoms with Crippen LogP contribution < -0.4 is 5.56 Å². The minimum atomic E-state index is -2.60. The van der Waals surface area contributed by atoms with E-state index in [9.17, 15) is 13.6 Å². The fraction of sp³-hybridized carbons (Fsp3) is 0.286. The van der Waals surface area contributed by atoms with Crippen molar-refractivity contribution >= 4 is 15.9 Å². The highest BCUT2D eigenvalue weighted by molar-refractivity contribution is 9.08. The largest absolute Gasteiger partial charge is 0.329 e. The minimum absolute atomic E-state index is 0.0903. The van der Waals surface area contributed by atoms with Crippen LogP contribution >= 0.6 is 15.9 Å². The van der Waals surface area contributed by atoms with E-state index < -0.39 is 12.0 Å². The number of alkyl halides is 3. The van der Waals surface area contributed by atoms with E-state index in [0.29, 0.717) is 0 Å². The van der Waals surface area contributed by atoms with Gasteiger partial charge in [-0.05, 0) is 6.07 Å². The van der Waals surface area contributed by atoms with Crippen molar-refractivity contribution in [3.63, 3.8) is 0 Å². The summed E-state index contributed by atoms with van der Waals surface area (Å²) in [5.74, 6) is 0. The summed E-state index contributed by atoms with van der Waals surface area (Å²) in [4.78, 5) is 13.3. The second-order valence-electron chi connectivity index (χ2n) is 2.18. The third-order valence-corrected chi connectivity index (χ3v) is 2.03. The van der Waals surface area contributed by atoms with Crippen LogP contribution in [0.4, 0.5) is 8.78 Å². The van der Waals surface area contributed by atoms with Gasteiger partial charge in [-0.3, -0.25) is 4.79 Å². The van der Waals surface area contributed by atoms with E-state index in [2.05, 4.69) is 20.9 Å². The molecule has 0 aliphatic carbocycles. The SMILES string of the molecule is O=c1[nH]ccc(C(F)F)c1CBr. The molecule has 12 heavy (non-hydrogen) atoms. The Morgan fingerprint density at radius 3 is 2.67 bits per heavy atom. The van der Waals surface area contributed by atoms with Gasteiger partial charge in [-0.15, -0.1) is 0 Å². The highest BCUT2D eigenvalue weighted by Crippen LogP contribution is 2.21. The van der Waals surface area contributed by atoms with Gasteiger partial charge in [0, 0.05) is 22.7 Å². The summed E-state index contributed by atoms with van der Waals surface area (Å²) in [7, 11) is 0. The van der Waals surface area contributed by atoms with E-state index >= 15 is 0 Å². The molecule has 0 unspecified atom stereocenters. The number of hydrogen-bond acceptors (Lipinski definition) is 1. The Bertz CT molecular complexity index is 323. The van der Waals surface area contributed by atoms with Gasteiger partial charge in [0.25, 0.3) is 12.0 Å². The highest BCUT2D eigenvalue weighted by Gasteiger charge is 2.13. The lowest BCUT2D eigenvalue weighted by molar-refractivity contribution is 0.150. The molecule has 1 heterocycles. The van der Waals surface area contributed by atoms with Crippen molar-refractivity contribution in [1.29, 1.82) is 0 Å². The lowest BCUT2D eigenvalue weighted by Crippen LogP contribution is -2.13. The van der Waals surface area contributed by atoms with Crippen LogP contribution in [0.3, 0.4) is 0 Å². The molecule has 0 saturated heterocycles. The molecular weight excluding hydrogens is 232 g/mol. The Morgan fingerprint density at radius 2 is 2.25 bits per heavy atom. The molecule has 0 spiro atoms. The maximum Gasteiger partial charge on any atom is 0.264 e. The number of H-pyrrole nitrogens is 1. The van der Waals surface area contributed by atoms with Crippen molar-refractivity contribution < 1.29 is 8.78 Å². The molecule has 2 nitrogen and oxygen atoms in total. The third-order valence-electron chi connectivity index (χ3n) is 1.47. The normalized spacial score (nSPS) is 10.7. The van der Waals surface area contributed by atoms with Gasteiger partial charge >= 0.3 is 0 Å². The molecule has 0 aliphatic heterocycles.